The SMILES string of the molecule is CC1CC(C)CN(C(=O)C2CNN3CCC(C4CCN(S(=O)(=O)CC5CCCCC5)CC4)CC23)C1. The Balaban J connectivity index is 1.15. The Bertz CT molecular complexity index is 827. The van der Waals surface area contributed by atoms with Crippen LogP contribution in [0, 0.1) is 35.5 Å². The van der Waals surface area contributed by atoms with Crippen molar-refractivity contribution in [2.75, 3.05) is 45.0 Å². The van der Waals surface area contributed by atoms with E-state index < -0.39 is 10.0 Å². The number of carbonyl (C=O) groups excluding carboxylic acids is 1. The summed E-state index contributed by atoms with van der Waals surface area (Å²) < 4.78 is 27.9. The van der Waals surface area contributed by atoms with Crippen molar-refractivity contribution in [3.63, 3.8) is 0 Å². The highest BCUT2D eigenvalue weighted by Gasteiger charge is 2.46. The van der Waals surface area contributed by atoms with Crippen molar-refractivity contribution in [1.82, 2.24) is 19.6 Å². The van der Waals surface area contributed by atoms with Gasteiger partial charge in [0.2, 0.25) is 15.9 Å². The minimum absolute atomic E-state index is 0.0614. The van der Waals surface area contributed by atoms with Crippen molar-refractivity contribution in [3.8, 4) is 0 Å². The summed E-state index contributed by atoms with van der Waals surface area (Å²) in [5, 5.41) is 2.35. The van der Waals surface area contributed by atoms with Gasteiger partial charge in [-0.25, -0.2) is 17.7 Å². The molecule has 1 N–H and O–H groups in total. The molecule has 4 aliphatic heterocycles. The quantitative estimate of drug-likeness (QED) is 0.617. The topological polar surface area (TPSA) is 73.0 Å². The summed E-state index contributed by atoms with van der Waals surface area (Å²) in [6, 6.07) is 0.293. The van der Waals surface area contributed by atoms with Gasteiger partial charge in [0.15, 0.2) is 0 Å². The molecule has 1 saturated carbocycles. The van der Waals surface area contributed by atoms with E-state index in [0.717, 1.165) is 64.7 Å². The van der Waals surface area contributed by atoms with Crippen LogP contribution in [-0.4, -0.2) is 79.6 Å². The molecule has 5 atom stereocenters. The first-order chi connectivity index (χ1) is 16.8. The fraction of sp³-hybridized carbons (Fsp3) is 0.963. The molecular formula is C27H48N4O3S. The number of nitrogens with zero attached hydrogens (tertiary/aromatic N) is 3. The molecule has 1 amide bonds. The number of likely N-dealkylation sites (tertiary alicyclic amines) is 1. The predicted octanol–water partition coefficient (Wildman–Crippen LogP) is 3.33. The van der Waals surface area contributed by atoms with Crippen molar-refractivity contribution < 1.29 is 13.2 Å². The fourth-order valence-electron chi connectivity index (χ4n) is 8.10. The first kappa shape index (κ1) is 25.9. The van der Waals surface area contributed by atoms with E-state index in [1.165, 1.54) is 25.7 Å². The smallest absolute Gasteiger partial charge is 0.228 e. The number of hydrazine groups is 1. The van der Waals surface area contributed by atoms with Crippen LogP contribution in [0.1, 0.15) is 78.1 Å². The van der Waals surface area contributed by atoms with Gasteiger partial charge in [-0.3, -0.25) is 10.2 Å². The number of carbonyl (C=O) groups is 1. The third-order valence-electron chi connectivity index (χ3n) is 9.89. The second kappa shape index (κ2) is 11.0. The first-order valence-electron chi connectivity index (χ1n) is 14.6. The van der Waals surface area contributed by atoms with E-state index in [4.69, 9.17) is 0 Å². The maximum atomic E-state index is 13.5. The highest BCUT2D eigenvalue weighted by molar-refractivity contribution is 7.89. The standard InChI is InChI=1S/C27H48N4O3S/c1-20-14-21(2)18-29(17-20)27(32)25-16-28-31-13-10-24(15-26(25)31)23-8-11-30(12-9-23)35(33,34)19-22-6-4-3-5-7-22/h20-26,28H,3-19H2,1-2H3. The summed E-state index contributed by atoms with van der Waals surface area (Å²) in [6.07, 6.45) is 11.2. The van der Waals surface area contributed by atoms with E-state index in [2.05, 4.69) is 29.2 Å². The van der Waals surface area contributed by atoms with E-state index >= 15 is 0 Å². The number of hydrogen-bond donors (Lipinski definition) is 1. The Morgan fingerprint density at radius 2 is 1.51 bits per heavy atom. The summed E-state index contributed by atoms with van der Waals surface area (Å²) >= 11 is 0. The van der Waals surface area contributed by atoms with Gasteiger partial charge in [0.05, 0.1) is 11.7 Å². The lowest BCUT2D eigenvalue weighted by molar-refractivity contribution is -0.139. The van der Waals surface area contributed by atoms with Crippen LogP contribution in [0.3, 0.4) is 0 Å². The lowest BCUT2D eigenvalue weighted by Gasteiger charge is -2.43. The van der Waals surface area contributed by atoms with E-state index in [1.54, 1.807) is 4.31 Å². The van der Waals surface area contributed by atoms with Gasteiger partial charge in [-0.1, -0.05) is 33.1 Å². The molecule has 7 nitrogen and oxygen atoms in total. The van der Waals surface area contributed by atoms with Crippen LogP contribution >= 0.6 is 0 Å². The fourth-order valence-corrected chi connectivity index (χ4v) is 10.0. The van der Waals surface area contributed by atoms with Crippen LogP contribution in [0.2, 0.25) is 0 Å². The first-order valence-corrected chi connectivity index (χ1v) is 16.2. The van der Waals surface area contributed by atoms with E-state index in [0.29, 0.717) is 60.4 Å². The number of fused-ring (bicyclic) bond motifs is 1. The molecule has 0 spiro atoms. The predicted molar refractivity (Wildman–Crippen MR) is 139 cm³/mol. The molecule has 35 heavy (non-hydrogen) atoms. The summed E-state index contributed by atoms with van der Waals surface area (Å²) in [5.74, 6) is 3.52. The zero-order valence-corrected chi connectivity index (χ0v) is 22.9. The molecule has 8 heteroatoms. The Labute approximate surface area is 213 Å². The third-order valence-corrected chi connectivity index (χ3v) is 11.9. The Kier molecular flexibility index (Phi) is 8.12. The highest BCUT2D eigenvalue weighted by atomic mass is 32.2. The van der Waals surface area contributed by atoms with Crippen LogP contribution in [-0.2, 0) is 14.8 Å². The van der Waals surface area contributed by atoms with Crippen molar-refractivity contribution in [1.29, 1.82) is 0 Å². The average molecular weight is 509 g/mol. The van der Waals surface area contributed by atoms with Gasteiger partial charge in [0.25, 0.3) is 0 Å². The van der Waals surface area contributed by atoms with Crippen LogP contribution in [0.4, 0.5) is 0 Å². The lowest BCUT2D eigenvalue weighted by atomic mass is 9.75. The minimum atomic E-state index is -3.13. The maximum Gasteiger partial charge on any atom is 0.228 e. The number of amides is 1. The Hall–Kier alpha value is -0.700. The number of piperidine rings is 3. The molecule has 0 aromatic heterocycles. The zero-order chi connectivity index (χ0) is 24.6. The van der Waals surface area contributed by atoms with Gasteiger partial charge in [-0.15, -0.1) is 0 Å². The number of sulfonamides is 1. The molecule has 0 aromatic carbocycles. The second-order valence-corrected chi connectivity index (χ2v) is 14.7. The average Bonchev–Trinajstić information content (AvgIpc) is 3.27. The van der Waals surface area contributed by atoms with Crippen molar-refractivity contribution in [3.05, 3.63) is 0 Å². The number of hydrogen-bond acceptors (Lipinski definition) is 5. The van der Waals surface area contributed by atoms with Gasteiger partial charge in [0, 0.05) is 45.3 Å². The molecule has 4 saturated heterocycles. The summed E-state index contributed by atoms with van der Waals surface area (Å²) in [7, 11) is -3.13. The number of rotatable bonds is 5. The van der Waals surface area contributed by atoms with Gasteiger partial charge >= 0.3 is 0 Å². The lowest BCUT2D eigenvalue weighted by Crippen LogP contribution is -2.51. The molecule has 200 valence electrons. The van der Waals surface area contributed by atoms with Crippen LogP contribution in [0.25, 0.3) is 0 Å². The van der Waals surface area contributed by atoms with Gasteiger partial charge in [0.1, 0.15) is 0 Å². The summed E-state index contributed by atoms with van der Waals surface area (Å²) in [5.41, 5.74) is 3.54. The normalized spacial score (nSPS) is 36.9. The molecule has 5 rings (SSSR count). The molecule has 4 heterocycles. The minimum Gasteiger partial charge on any atom is -0.342 e. The monoisotopic (exact) mass is 508 g/mol. The maximum absolute atomic E-state index is 13.5. The van der Waals surface area contributed by atoms with Crippen LogP contribution < -0.4 is 5.43 Å². The molecule has 0 radical (unpaired) electrons. The second-order valence-electron chi connectivity index (χ2n) is 12.7. The summed E-state index contributed by atoms with van der Waals surface area (Å²) in [4.78, 5) is 15.7. The van der Waals surface area contributed by atoms with Gasteiger partial charge in [-0.2, -0.15) is 0 Å². The van der Waals surface area contributed by atoms with Crippen LogP contribution in [0.5, 0.6) is 0 Å². The van der Waals surface area contributed by atoms with Gasteiger partial charge in [-0.05, 0) is 74.5 Å². The molecule has 0 bridgehead atoms. The molecule has 1 aliphatic carbocycles. The largest absolute Gasteiger partial charge is 0.342 e. The molecular weight excluding hydrogens is 460 g/mol. The van der Waals surface area contributed by atoms with E-state index in [9.17, 15) is 13.2 Å². The number of nitrogens with one attached hydrogen (secondary N) is 1. The molecule has 0 aromatic rings. The highest BCUT2D eigenvalue weighted by Crippen LogP contribution is 2.39. The molecule has 5 fully saturated rings. The molecule has 5 aliphatic rings. The van der Waals surface area contributed by atoms with E-state index in [-0.39, 0.29) is 5.92 Å². The zero-order valence-electron chi connectivity index (χ0n) is 22.0. The Morgan fingerprint density at radius 1 is 0.857 bits per heavy atom. The van der Waals surface area contributed by atoms with Crippen molar-refractivity contribution in [2.45, 2.75) is 84.1 Å². The van der Waals surface area contributed by atoms with Gasteiger partial charge < -0.3 is 4.90 Å². The molecule has 5 unspecified atom stereocenters. The summed E-state index contributed by atoms with van der Waals surface area (Å²) in [6.45, 7) is 9.51. The van der Waals surface area contributed by atoms with Crippen LogP contribution in [0.15, 0.2) is 0 Å². The third kappa shape index (κ3) is 5.91. The van der Waals surface area contributed by atoms with Crippen molar-refractivity contribution in [2.24, 2.45) is 35.5 Å². The van der Waals surface area contributed by atoms with E-state index in [1.807, 2.05) is 0 Å². The Morgan fingerprint density at radius 3 is 2.20 bits per heavy atom. The van der Waals surface area contributed by atoms with Crippen molar-refractivity contribution >= 4 is 15.9 Å².